The van der Waals surface area contributed by atoms with Crippen LogP contribution in [0.2, 0.25) is 0 Å². The van der Waals surface area contributed by atoms with Gasteiger partial charge in [-0.3, -0.25) is 0 Å². The topological polar surface area (TPSA) is 46.6 Å². The van der Waals surface area contributed by atoms with Crippen LogP contribution in [0.25, 0.3) is 0 Å². The number of benzene rings is 1. The number of aryl methyl sites for hydroxylation is 3. The van der Waals surface area contributed by atoms with Crippen LogP contribution in [-0.2, 0) is 21.3 Å². The number of thiophene rings is 1. The van der Waals surface area contributed by atoms with Gasteiger partial charge < -0.3 is 4.74 Å². The van der Waals surface area contributed by atoms with Gasteiger partial charge in [-0.25, -0.2) is 8.42 Å². The van der Waals surface area contributed by atoms with E-state index in [2.05, 4.69) is 0 Å². The summed E-state index contributed by atoms with van der Waals surface area (Å²) in [7, 11) is -1.99. The minimum Gasteiger partial charge on any atom is -0.383 e. The molecule has 0 saturated carbocycles. The molecule has 0 fully saturated rings. The number of rotatable bonds is 7. The third-order valence-electron chi connectivity index (χ3n) is 3.69. The molecule has 1 aromatic heterocycles. The van der Waals surface area contributed by atoms with Crippen molar-refractivity contribution in [2.24, 2.45) is 0 Å². The summed E-state index contributed by atoms with van der Waals surface area (Å²) in [4.78, 5) is 0.412. The maximum atomic E-state index is 13.2. The quantitative estimate of drug-likeness (QED) is 0.765. The zero-order chi connectivity index (χ0) is 17.0. The van der Waals surface area contributed by atoms with Gasteiger partial charge in [0.25, 0.3) is 0 Å². The van der Waals surface area contributed by atoms with Gasteiger partial charge in [0.15, 0.2) is 0 Å². The molecule has 0 aliphatic carbocycles. The molecule has 0 aliphatic rings. The van der Waals surface area contributed by atoms with Crippen molar-refractivity contribution in [2.75, 3.05) is 20.3 Å². The highest BCUT2D eigenvalue weighted by Gasteiger charge is 2.28. The molecule has 0 bridgehead atoms. The first-order valence-corrected chi connectivity index (χ1v) is 9.82. The lowest BCUT2D eigenvalue weighted by atomic mass is 10.1. The number of methoxy groups -OCH3 is 1. The van der Waals surface area contributed by atoms with E-state index in [9.17, 15) is 8.42 Å². The highest BCUT2D eigenvalue weighted by Crippen LogP contribution is 2.26. The lowest BCUT2D eigenvalue weighted by Crippen LogP contribution is -2.34. The molecule has 0 spiro atoms. The molecule has 0 aliphatic heterocycles. The van der Waals surface area contributed by atoms with Crippen molar-refractivity contribution in [3.8, 4) is 0 Å². The summed E-state index contributed by atoms with van der Waals surface area (Å²) in [5.74, 6) is 0. The SMILES string of the molecule is COCCN(Cc1ccsc1)S(=O)(=O)c1c(C)cc(C)cc1C. The van der Waals surface area contributed by atoms with Gasteiger partial charge in [-0.2, -0.15) is 15.6 Å². The molecule has 2 rings (SSSR count). The Labute approximate surface area is 142 Å². The summed E-state index contributed by atoms with van der Waals surface area (Å²) in [5, 5.41) is 3.93. The van der Waals surface area contributed by atoms with E-state index in [1.54, 1.807) is 18.4 Å². The van der Waals surface area contributed by atoms with E-state index >= 15 is 0 Å². The molecule has 0 saturated heterocycles. The van der Waals surface area contributed by atoms with Crippen molar-refractivity contribution in [1.29, 1.82) is 0 Å². The van der Waals surface area contributed by atoms with Gasteiger partial charge in [-0.1, -0.05) is 17.7 Å². The van der Waals surface area contributed by atoms with E-state index in [4.69, 9.17) is 4.74 Å². The molecule has 126 valence electrons. The third kappa shape index (κ3) is 4.20. The Hall–Kier alpha value is -1.21. The van der Waals surface area contributed by atoms with E-state index in [1.807, 2.05) is 49.7 Å². The average Bonchev–Trinajstić information content (AvgIpc) is 2.94. The van der Waals surface area contributed by atoms with Crippen LogP contribution in [0.1, 0.15) is 22.3 Å². The number of sulfonamides is 1. The van der Waals surface area contributed by atoms with Gasteiger partial charge in [-0.15, -0.1) is 0 Å². The van der Waals surface area contributed by atoms with E-state index < -0.39 is 10.0 Å². The normalized spacial score (nSPS) is 12.0. The van der Waals surface area contributed by atoms with Gasteiger partial charge in [0.1, 0.15) is 0 Å². The van der Waals surface area contributed by atoms with Gasteiger partial charge in [-0.05, 0) is 54.3 Å². The Balaban J connectivity index is 2.43. The molecule has 1 aromatic carbocycles. The fourth-order valence-electron chi connectivity index (χ4n) is 2.77. The van der Waals surface area contributed by atoms with E-state index in [-0.39, 0.29) is 0 Å². The van der Waals surface area contributed by atoms with Crippen molar-refractivity contribution in [2.45, 2.75) is 32.2 Å². The highest BCUT2D eigenvalue weighted by atomic mass is 32.2. The first-order valence-electron chi connectivity index (χ1n) is 7.44. The van der Waals surface area contributed by atoms with E-state index in [1.165, 1.54) is 4.31 Å². The number of hydrogen-bond donors (Lipinski definition) is 0. The fraction of sp³-hybridized carbons (Fsp3) is 0.412. The van der Waals surface area contributed by atoms with Crippen LogP contribution in [0.5, 0.6) is 0 Å². The van der Waals surface area contributed by atoms with Crippen molar-refractivity contribution < 1.29 is 13.2 Å². The average molecular weight is 354 g/mol. The molecule has 0 amide bonds. The summed E-state index contributed by atoms with van der Waals surface area (Å²) in [6.07, 6.45) is 0. The third-order valence-corrected chi connectivity index (χ3v) is 6.57. The zero-order valence-corrected chi connectivity index (χ0v) is 15.6. The van der Waals surface area contributed by atoms with Crippen LogP contribution >= 0.6 is 11.3 Å². The molecule has 4 nitrogen and oxygen atoms in total. The van der Waals surface area contributed by atoms with Crippen LogP contribution in [0.3, 0.4) is 0 Å². The number of hydrogen-bond acceptors (Lipinski definition) is 4. The van der Waals surface area contributed by atoms with Crippen LogP contribution < -0.4 is 0 Å². The van der Waals surface area contributed by atoms with Crippen LogP contribution in [0.4, 0.5) is 0 Å². The van der Waals surface area contributed by atoms with Crippen LogP contribution in [0.15, 0.2) is 33.9 Å². The number of ether oxygens (including phenoxy) is 1. The van der Waals surface area contributed by atoms with Crippen molar-refractivity contribution in [1.82, 2.24) is 4.31 Å². The van der Waals surface area contributed by atoms with E-state index in [0.29, 0.717) is 24.6 Å². The van der Waals surface area contributed by atoms with E-state index in [0.717, 1.165) is 22.3 Å². The standard InChI is InChI=1S/C17H23NO3S2/c1-13-9-14(2)17(15(3)10-13)23(19,20)18(6-7-21-4)11-16-5-8-22-12-16/h5,8-10,12H,6-7,11H2,1-4H3. The fourth-order valence-corrected chi connectivity index (χ4v) is 5.25. The largest absolute Gasteiger partial charge is 0.383 e. The molecule has 6 heteroatoms. The molecule has 0 atom stereocenters. The summed E-state index contributed by atoms with van der Waals surface area (Å²) in [6, 6.07) is 5.78. The molecule has 23 heavy (non-hydrogen) atoms. The molecular formula is C17H23NO3S2. The van der Waals surface area contributed by atoms with Crippen molar-refractivity contribution in [3.05, 3.63) is 51.2 Å². The minimum absolute atomic E-state index is 0.335. The second-order valence-corrected chi connectivity index (χ2v) is 8.35. The summed E-state index contributed by atoms with van der Waals surface area (Å²) >= 11 is 1.57. The van der Waals surface area contributed by atoms with Gasteiger partial charge in [0.2, 0.25) is 10.0 Å². The summed E-state index contributed by atoms with van der Waals surface area (Å²) in [5.41, 5.74) is 3.64. The highest BCUT2D eigenvalue weighted by molar-refractivity contribution is 7.89. The lowest BCUT2D eigenvalue weighted by molar-refractivity contribution is 0.177. The predicted molar refractivity (Wildman–Crippen MR) is 94.4 cm³/mol. The van der Waals surface area contributed by atoms with Crippen LogP contribution in [0, 0.1) is 20.8 Å². The number of nitrogens with zero attached hydrogens (tertiary/aromatic N) is 1. The Morgan fingerprint density at radius 2 is 1.83 bits per heavy atom. The first kappa shape index (κ1) is 18.1. The Bertz CT molecular complexity index is 729. The van der Waals surface area contributed by atoms with Crippen molar-refractivity contribution >= 4 is 21.4 Å². The Morgan fingerprint density at radius 1 is 1.17 bits per heavy atom. The molecular weight excluding hydrogens is 330 g/mol. The Kier molecular flexibility index (Phi) is 5.97. The minimum atomic E-state index is -3.57. The second-order valence-electron chi connectivity index (χ2n) is 5.69. The molecule has 0 N–H and O–H groups in total. The monoisotopic (exact) mass is 353 g/mol. The van der Waals surface area contributed by atoms with Gasteiger partial charge in [0, 0.05) is 20.2 Å². The molecule has 2 aromatic rings. The maximum Gasteiger partial charge on any atom is 0.243 e. The van der Waals surface area contributed by atoms with Gasteiger partial charge in [0.05, 0.1) is 11.5 Å². The second kappa shape index (κ2) is 7.57. The summed E-state index contributed by atoms with van der Waals surface area (Å²) < 4.78 is 33.0. The predicted octanol–water partition coefficient (Wildman–Crippen LogP) is 3.51. The smallest absolute Gasteiger partial charge is 0.243 e. The zero-order valence-electron chi connectivity index (χ0n) is 14.0. The Morgan fingerprint density at radius 3 is 2.35 bits per heavy atom. The molecule has 0 radical (unpaired) electrons. The first-order chi connectivity index (χ1) is 10.9. The van der Waals surface area contributed by atoms with Crippen LogP contribution in [-0.4, -0.2) is 33.0 Å². The summed E-state index contributed by atoms with van der Waals surface area (Å²) in [6.45, 7) is 6.75. The molecule has 0 unspecified atom stereocenters. The van der Waals surface area contributed by atoms with Crippen molar-refractivity contribution in [3.63, 3.8) is 0 Å². The lowest BCUT2D eigenvalue weighted by Gasteiger charge is -2.24. The molecule has 1 heterocycles. The van der Waals surface area contributed by atoms with Gasteiger partial charge >= 0.3 is 0 Å². The maximum absolute atomic E-state index is 13.2.